The first-order valence-corrected chi connectivity index (χ1v) is 11.1. The van der Waals surface area contributed by atoms with Crippen LogP contribution in [0.5, 0.6) is 5.75 Å². The summed E-state index contributed by atoms with van der Waals surface area (Å²) in [4.78, 5) is 36.8. The van der Waals surface area contributed by atoms with Crippen LogP contribution in [0.25, 0.3) is 0 Å². The number of halogens is 2. The first-order valence-electron chi connectivity index (χ1n) is 11.1. The summed E-state index contributed by atoms with van der Waals surface area (Å²) in [5, 5.41) is 2.72. The van der Waals surface area contributed by atoms with Gasteiger partial charge in [0.15, 0.2) is 0 Å². The van der Waals surface area contributed by atoms with Crippen LogP contribution in [0.3, 0.4) is 0 Å². The minimum atomic E-state index is -1.25. The number of benzene rings is 3. The SMILES string of the molecule is CCOc1cccc(N(C(=O)c2cnccn2)C(C(=O)Nc2ccc(F)cc2)c2ccc(F)cc2)c1. The number of carbonyl (C=O) groups is 2. The molecular weight excluding hydrogens is 466 g/mol. The van der Waals surface area contributed by atoms with E-state index in [1.807, 2.05) is 6.92 Å². The van der Waals surface area contributed by atoms with Gasteiger partial charge in [-0.15, -0.1) is 0 Å². The van der Waals surface area contributed by atoms with E-state index >= 15 is 0 Å². The number of rotatable bonds is 8. The van der Waals surface area contributed by atoms with E-state index in [-0.39, 0.29) is 5.69 Å². The monoisotopic (exact) mass is 488 g/mol. The van der Waals surface area contributed by atoms with Crippen molar-refractivity contribution in [2.45, 2.75) is 13.0 Å². The highest BCUT2D eigenvalue weighted by Crippen LogP contribution is 2.32. The van der Waals surface area contributed by atoms with Crippen molar-refractivity contribution in [1.29, 1.82) is 0 Å². The lowest BCUT2D eigenvalue weighted by atomic mass is 10.0. The number of amides is 2. The van der Waals surface area contributed by atoms with Gasteiger partial charge in [0.25, 0.3) is 11.8 Å². The first kappa shape index (κ1) is 24.5. The molecule has 1 aromatic heterocycles. The Kier molecular flexibility index (Phi) is 7.60. The Morgan fingerprint density at radius 3 is 2.31 bits per heavy atom. The number of ether oxygens (including phenoxy) is 1. The number of carbonyl (C=O) groups excluding carboxylic acids is 2. The quantitative estimate of drug-likeness (QED) is 0.370. The molecule has 9 heteroatoms. The van der Waals surface area contributed by atoms with Gasteiger partial charge in [0.05, 0.1) is 12.8 Å². The second-order valence-electron chi connectivity index (χ2n) is 7.65. The third-order valence-corrected chi connectivity index (χ3v) is 5.21. The third kappa shape index (κ3) is 5.69. The molecule has 2 amide bonds. The molecule has 4 aromatic rings. The van der Waals surface area contributed by atoms with Crippen molar-refractivity contribution >= 4 is 23.2 Å². The molecular formula is C27H22F2N4O3. The fraction of sp³-hybridized carbons (Fsp3) is 0.111. The molecule has 0 bridgehead atoms. The maximum Gasteiger partial charge on any atom is 0.279 e. The van der Waals surface area contributed by atoms with Crippen LogP contribution in [0.4, 0.5) is 20.2 Å². The lowest BCUT2D eigenvalue weighted by Gasteiger charge is -2.31. The molecule has 0 radical (unpaired) electrons. The van der Waals surface area contributed by atoms with E-state index in [9.17, 15) is 18.4 Å². The largest absolute Gasteiger partial charge is 0.494 e. The van der Waals surface area contributed by atoms with Gasteiger partial charge in [-0.2, -0.15) is 0 Å². The number of hydrogen-bond donors (Lipinski definition) is 1. The molecule has 0 aliphatic carbocycles. The molecule has 0 saturated carbocycles. The lowest BCUT2D eigenvalue weighted by molar-refractivity contribution is -0.117. The number of aromatic nitrogens is 2. The van der Waals surface area contributed by atoms with Gasteiger partial charge < -0.3 is 10.1 Å². The van der Waals surface area contributed by atoms with Crippen LogP contribution < -0.4 is 15.0 Å². The Balaban J connectivity index is 1.85. The summed E-state index contributed by atoms with van der Waals surface area (Å²) >= 11 is 0. The number of anilines is 2. The number of nitrogens with one attached hydrogen (secondary N) is 1. The normalized spacial score (nSPS) is 11.4. The second-order valence-corrected chi connectivity index (χ2v) is 7.65. The molecule has 0 fully saturated rings. The Hall–Kier alpha value is -4.66. The van der Waals surface area contributed by atoms with Gasteiger partial charge in [-0.3, -0.25) is 19.5 Å². The van der Waals surface area contributed by atoms with E-state index in [1.54, 1.807) is 24.3 Å². The van der Waals surface area contributed by atoms with E-state index in [0.29, 0.717) is 29.3 Å². The van der Waals surface area contributed by atoms with Crippen LogP contribution in [0.1, 0.15) is 29.0 Å². The molecule has 4 rings (SSSR count). The Labute approximate surface area is 206 Å². The minimum absolute atomic E-state index is 0.000932. The van der Waals surface area contributed by atoms with Crippen molar-refractivity contribution in [3.63, 3.8) is 0 Å². The summed E-state index contributed by atoms with van der Waals surface area (Å²) in [5.74, 6) is -1.69. The number of nitrogens with zero attached hydrogens (tertiary/aromatic N) is 3. The molecule has 1 atom stereocenters. The highest BCUT2D eigenvalue weighted by molar-refractivity contribution is 6.11. The Morgan fingerprint density at radius 2 is 1.67 bits per heavy atom. The van der Waals surface area contributed by atoms with Crippen LogP contribution in [0, 0.1) is 11.6 Å². The maximum atomic E-state index is 13.8. The maximum absolute atomic E-state index is 13.8. The highest BCUT2D eigenvalue weighted by Gasteiger charge is 2.34. The molecule has 1 heterocycles. The van der Waals surface area contributed by atoms with Crippen LogP contribution in [0.15, 0.2) is 91.4 Å². The third-order valence-electron chi connectivity index (χ3n) is 5.21. The van der Waals surface area contributed by atoms with Crippen LogP contribution >= 0.6 is 0 Å². The number of hydrogen-bond acceptors (Lipinski definition) is 5. The van der Waals surface area contributed by atoms with Gasteiger partial charge in [0.2, 0.25) is 0 Å². The molecule has 0 aliphatic rings. The zero-order valence-corrected chi connectivity index (χ0v) is 19.3. The Bertz CT molecular complexity index is 1330. The fourth-order valence-corrected chi connectivity index (χ4v) is 3.61. The first-order chi connectivity index (χ1) is 17.5. The van der Waals surface area contributed by atoms with Crippen molar-refractivity contribution < 1.29 is 23.1 Å². The van der Waals surface area contributed by atoms with Crippen molar-refractivity contribution in [1.82, 2.24) is 9.97 Å². The summed E-state index contributed by atoms with van der Waals surface area (Å²) in [6.45, 7) is 2.22. The minimum Gasteiger partial charge on any atom is -0.494 e. The van der Waals surface area contributed by atoms with Gasteiger partial charge >= 0.3 is 0 Å². The topological polar surface area (TPSA) is 84.4 Å². The standard InChI is InChI=1S/C27H22F2N4O3/c1-2-36-23-5-3-4-22(16-23)33(27(35)24-17-30-14-15-31-24)25(18-6-8-19(28)9-7-18)26(34)32-21-12-10-20(29)11-13-21/h3-17,25H,2H2,1H3,(H,32,34). The predicted octanol–water partition coefficient (Wildman–Crippen LogP) is 5.18. The summed E-state index contributed by atoms with van der Waals surface area (Å²) in [6, 6.07) is 15.9. The van der Waals surface area contributed by atoms with Crippen molar-refractivity contribution in [3.05, 3.63) is 114 Å². The van der Waals surface area contributed by atoms with Gasteiger partial charge in [-0.05, 0) is 61.0 Å². The molecule has 0 saturated heterocycles. The zero-order valence-electron chi connectivity index (χ0n) is 19.3. The van der Waals surface area contributed by atoms with Crippen molar-refractivity contribution in [2.75, 3.05) is 16.8 Å². The van der Waals surface area contributed by atoms with Gasteiger partial charge in [-0.25, -0.2) is 13.8 Å². The molecule has 7 nitrogen and oxygen atoms in total. The van der Waals surface area contributed by atoms with Crippen LogP contribution in [-0.4, -0.2) is 28.4 Å². The summed E-state index contributed by atoms with van der Waals surface area (Å²) in [6.07, 6.45) is 4.09. The smallest absolute Gasteiger partial charge is 0.279 e. The summed E-state index contributed by atoms with van der Waals surface area (Å²) < 4.78 is 32.8. The van der Waals surface area contributed by atoms with E-state index in [2.05, 4.69) is 15.3 Å². The van der Waals surface area contributed by atoms with Crippen molar-refractivity contribution in [2.24, 2.45) is 0 Å². The van der Waals surface area contributed by atoms with Gasteiger partial charge in [-0.1, -0.05) is 18.2 Å². The Morgan fingerprint density at radius 1 is 0.972 bits per heavy atom. The average Bonchev–Trinajstić information content (AvgIpc) is 2.90. The van der Waals surface area contributed by atoms with Crippen LogP contribution in [0.2, 0.25) is 0 Å². The molecule has 1 unspecified atom stereocenters. The van der Waals surface area contributed by atoms with E-state index in [1.165, 1.54) is 72.0 Å². The molecule has 36 heavy (non-hydrogen) atoms. The zero-order chi connectivity index (χ0) is 25.5. The lowest BCUT2D eigenvalue weighted by Crippen LogP contribution is -2.42. The average molecular weight is 488 g/mol. The van der Waals surface area contributed by atoms with Gasteiger partial charge in [0.1, 0.15) is 29.1 Å². The van der Waals surface area contributed by atoms with E-state index in [0.717, 1.165) is 0 Å². The summed E-state index contributed by atoms with van der Waals surface area (Å²) in [7, 11) is 0. The van der Waals surface area contributed by atoms with E-state index in [4.69, 9.17) is 4.74 Å². The molecule has 0 spiro atoms. The molecule has 3 aromatic carbocycles. The molecule has 1 N–H and O–H groups in total. The highest BCUT2D eigenvalue weighted by atomic mass is 19.1. The molecule has 182 valence electrons. The fourth-order valence-electron chi connectivity index (χ4n) is 3.61. The van der Waals surface area contributed by atoms with Gasteiger partial charge in [0, 0.05) is 29.8 Å². The predicted molar refractivity (Wildman–Crippen MR) is 131 cm³/mol. The van der Waals surface area contributed by atoms with Crippen LogP contribution in [-0.2, 0) is 4.79 Å². The van der Waals surface area contributed by atoms with E-state index < -0.39 is 29.5 Å². The second kappa shape index (κ2) is 11.2. The summed E-state index contributed by atoms with van der Waals surface area (Å²) in [5.41, 5.74) is 1.01. The molecule has 0 aliphatic heterocycles. The van der Waals surface area contributed by atoms with Crippen molar-refractivity contribution in [3.8, 4) is 5.75 Å².